The van der Waals surface area contributed by atoms with Crippen molar-refractivity contribution >= 4 is 15.9 Å². The van der Waals surface area contributed by atoms with Crippen LogP contribution in [0, 0.1) is 6.92 Å². The molecule has 0 saturated carbocycles. The molecule has 0 aliphatic carbocycles. The van der Waals surface area contributed by atoms with Crippen molar-refractivity contribution in [3.05, 3.63) is 58.0 Å². The van der Waals surface area contributed by atoms with Crippen molar-refractivity contribution in [3.8, 4) is 0 Å². The second-order valence-corrected chi connectivity index (χ2v) is 5.74. The van der Waals surface area contributed by atoms with Gasteiger partial charge in [-0.2, -0.15) is 0 Å². The zero-order valence-electron chi connectivity index (χ0n) is 11.4. The van der Waals surface area contributed by atoms with Crippen LogP contribution in [0.1, 0.15) is 36.3 Å². The number of hydrogen-bond acceptors (Lipinski definition) is 2. The van der Waals surface area contributed by atoms with Crippen LogP contribution in [0.3, 0.4) is 0 Å². The lowest BCUT2D eigenvalue weighted by Gasteiger charge is -2.17. The predicted molar refractivity (Wildman–Crippen MR) is 82.3 cm³/mol. The summed E-state index contributed by atoms with van der Waals surface area (Å²) in [6.45, 7) is 5.19. The van der Waals surface area contributed by atoms with Crippen molar-refractivity contribution in [2.75, 3.05) is 6.54 Å². The maximum Gasteiger partial charge on any atom is 0.101 e. The van der Waals surface area contributed by atoms with E-state index in [1.54, 1.807) is 0 Å². The van der Waals surface area contributed by atoms with Gasteiger partial charge in [0.1, 0.15) is 5.76 Å². The van der Waals surface area contributed by atoms with Crippen LogP contribution < -0.4 is 5.32 Å². The minimum atomic E-state index is 0.318. The lowest BCUT2D eigenvalue weighted by Crippen LogP contribution is -2.23. The van der Waals surface area contributed by atoms with E-state index >= 15 is 0 Å². The van der Waals surface area contributed by atoms with Crippen LogP contribution >= 0.6 is 15.9 Å². The summed E-state index contributed by atoms with van der Waals surface area (Å²) < 4.78 is 6.55. The maximum absolute atomic E-state index is 5.43. The molecule has 1 aromatic heterocycles. The number of nitrogens with one attached hydrogen (secondary N) is 1. The first-order chi connectivity index (χ1) is 9.19. The van der Waals surface area contributed by atoms with Gasteiger partial charge < -0.3 is 9.73 Å². The van der Waals surface area contributed by atoms with Crippen LogP contribution in [0.4, 0.5) is 0 Å². The number of hydrogen-bond donors (Lipinski definition) is 1. The molecule has 102 valence electrons. The van der Waals surface area contributed by atoms with E-state index < -0.39 is 0 Å². The fraction of sp³-hybridized carbons (Fsp3) is 0.375. The fourth-order valence-electron chi connectivity index (χ4n) is 2.13. The Hall–Kier alpha value is -1.06. The van der Waals surface area contributed by atoms with Gasteiger partial charge in [0.05, 0.1) is 6.26 Å². The SMILES string of the molecule is CCCNC(Cc1ccc(Br)cc1)c1coc(C)c1. The first-order valence-electron chi connectivity index (χ1n) is 6.72. The lowest BCUT2D eigenvalue weighted by atomic mass is 10.0. The van der Waals surface area contributed by atoms with Crippen LogP contribution in [0.15, 0.2) is 45.5 Å². The largest absolute Gasteiger partial charge is 0.469 e. The highest BCUT2D eigenvalue weighted by atomic mass is 79.9. The van der Waals surface area contributed by atoms with Gasteiger partial charge in [0.15, 0.2) is 0 Å². The summed E-state index contributed by atoms with van der Waals surface area (Å²) in [5.74, 6) is 0.967. The zero-order valence-corrected chi connectivity index (χ0v) is 13.0. The molecule has 0 amide bonds. The first kappa shape index (κ1) is 14.4. The molecule has 1 aromatic carbocycles. The normalized spacial score (nSPS) is 12.6. The molecule has 0 aliphatic rings. The second-order valence-electron chi connectivity index (χ2n) is 4.83. The van der Waals surface area contributed by atoms with Crippen molar-refractivity contribution in [3.63, 3.8) is 0 Å². The highest BCUT2D eigenvalue weighted by Crippen LogP contribution is 2.22. The van der Waals surface area contributed by atoms with Gasteiger partial charge in [-0.25, -0.2) is 0 Å². The monoisotopic (exact) mass is 321 g/mol. The van der Waals surface area contributed by atoms with Gasteiger partial charge in [0, 0.05) is 16.1 Å². The number of furan rings is 1. The Bertz CT molecular complexity index is 504. The summed E-state index contributed by atoms with van der Waals surface area (Å²) in [5, 5.41) is 3.59. The van der Waals surface area contributed by atoms with Gasteiger partial charge >= 0.3 is 0 Å². The summed E-state index contributed by atoms with van der Waals surface area (Å²) in [6, 6.07) is 10.9. The van der Waals surface area contributed by atoms with Gasteiger partial charge in [0.2, 0.25) is 0 Å². The Morgan fingerprint density at radius 3 is 2.58 bits per heavy atom. The van der Waals surface area contributed by atoms with Gasteiger partial charge in [-0.3, -0.25) is 0 Å². The molecule has 1 atom stereocenters. The molecule has 1 unspecified atom stereocenters. The van der Waals surface area contributed by atoms with Gasteiger partial charge in [-0.05, 0) is 50.1 Å². The number of halogens is 1. The van der Waals surface area contributed by atoms with E-state index in [1.165, 1.54) is 11.1 Å². The van der Waals surface area contributed by atoms with Crippen LogP contribution in [0.2, 0.25) is 0 Å². The Morgan fingerprint density at radius 2 is 2.00 bits per heavy atom. The second kappa shape index (κ2) is 6.92. The average Bonchev–Trinajstić information content (AvgIpc) is 2.83. The topological polar surface area (TPSA) is 25.2 Å². The Balaban J connectivity index is 2.11. The average molecular weight is 322 g/mol. The molecule has 2 nitrogen and oxygen atoms in total. The zero-order chi connectivity index (χ0) is 13.7. The minimum absolute atomic E-state index is 0.318. The molecule has 0 saturated heterocycles. The number of rotatable bonds is 6. The van der Waals surface area contributed by atoms with Crippen molar-refractivity contribution in [2.24, 2.45) is 0 Å². The van der Waals surface area contributed by atoms with Crippen molar-refractivity contribution in [1.29, 1.82) is 0 Å². The maximum atomic E-state index is 5.43. The summed E-state index contributed by atoms with van der Waals surface area (Å²) in [5.41, 5.74) is 2.56. The summed E-state index contributed by atoms with van der Waals surface area (Å²) in [6.07, 6.45) is 3.97. The van der Waals surface area contributed by atoms with E-state index in [9.17, 15) is 0 Å². The van der Waals surface area contributed by atoms with Crippen LogP contribution in [0.5, 0.6) is 0 Å². The lowest BCUT2D eigenvalue weighted by molar-refractivity contribution is 0.503. The molecule has 0 radical (unpaired) electrons. The summed E-state index contributed by atoms with van der Waals surface area (Å²) >= 11 is 3.47. The third-order valence-corrected chi connectivity index (χ3v) is 3.68. The van der Waals surface area contributed by atoms with E-state index in [1.807, 2.05) is 13.2 Å². The molecule has 0 fully saturated rings. The van der Waals surface area contributed by atoms with E-state index in [2.05, 4.69) is 58.5 Å². The highest BCUT2D eigenvalue weighted by molar-refractivity contribution is 9.10. The third-order valence-electron chi connectivity index (χ3n) is 3.15. The van der Waals surface area contributed by atoms with Crippen LogP contribution in [-0.4, -0.2) is 6.54 Å². The van der Waals surface area contributed by atoms with Crippen LogP contribution in [-0.2, 0) is 6.42 Å². The molecular weight excluding hydrogens is 302 g/mol. The van der Waals surface area contributed by atoms with E-state index in [4.69, 9.17) is 4.42 Å². The molecule has 0 aliphatic heterocycles. The third kappa shape index (κ3) is 4.22. The van der Waals surface area contributed by atoms with Gasteiger partial charge in [-0.1, -0.05) is 35.0 Å². The molecule has 1 N–H and O–H groups in total. The highest BCUT2D eigenvalue weighted by Gasteiger charge is 2.13. The Labute approximate surface area is 123 Å². The minimum Gasteiger partial charge on any atom is -0.469 e. The number of aryl methyl sites for hydroxylation is 1. The van der Waals surface area contributed by atoms with Crippen molar-refractivity contribution < 1.29 is 4.42 Å². The number of benzene rings is 1. The fourth-order valence-corrected chi connectivity index (χ4v) is 2.39. The molecule has 19 heavy (non-hydrogen) atoms. The van der Waals surface area contributed by atoms with E-state index in [0.717, 1.165) is 29.6 Å². The molecule has 2 aromatic rings. The van der Waals surface area contributed by atoms with Crippen molar-refractivity contribution in [2.45, 2.75) is 32.7 Å². The Morgan fingerprint density at radius 1 is 1.26 bits per heavy atom. The van der Waals surface area contributed by atoms with E-state index in [-0.39, 0.29) is 0 Å². The Kier molecular flexibility index (Phi) is 5.23. The molecule has 1 heterocycles. The molecule has 0 bridgehead atoms. The summed E-state index contributed by atoms with van der Waals surface area (Å²) in [4.78, 5) is 0. The predicted octanol–water partition coefficient (Wildman–Crippen LogP) is 4.63. The molecule has 0 spiro atoms. The van der Waals surface area contributed by atoms with Crippen molar-refractivity contribution in [1.82, 2.24) is 5.32 Å². The van der Waals surface area contributed by atoms with Gasteiger partial charge in [-0.15, -0.1) is 0 Å². The van der Waals surface area contributed by atoms with Crippen LogP contribution in [0.25, 0.3) is 0 Å². The summed E-state index contributed by atoms with van der Waals surface area (Å²) in [7, 11) is 0. The van der Waals surface area contributed by atoms with E-state index in [0.29, 0.717) is 6.04 Å². The smallest absolute Gasteiger partial charge is 0.101 e. The quantitative estimate of drug-likeness (QED) is 0.838. The molecular formula is C16H20BrNO. The molecule has 2 rings (SSSR count). The van der Waals surface area contributed by atoms with Gasteiger partial charge in [0.25, 0.3) is 0 Å². The first-order valence-corrected chi connectivity index (χ1v) is 7.51. The standard InChI is InChI=1S/C16H20BrNO/c1-3-8-18-16(14-9-12(2)19-11-14)10-13-4-6-15(17)7-5-13/h4-7,9,11,16,18H,3,8,10H2,1-2H3. The molecule has 3 heteroatoms.